The van der Waals surface area contributed by atoms with E-state index in [1.54, 1.807) is 0 Å². The van der Waals surface area contributed by atoms with Crippen LogP contribution in [0.3, 0.4) is 0 Å². The van der Waals surface area contributed by atoms with Gasteiger partial charge in [-0.3, -0.25) is 4.79 Å². The van der Waals surface area contributed by atoms with Crippen molar-refractivity contribution in [3.8, 4) is 0 Å². The molecule has 0 aromatic carbocycles. The Morgan fingerprint density at radius 1 is 1.05 bits per heavy atom. The summed E-state index contributed by atoms with van der Waals surface area (Å²) in [6, 6.07) is 0. The number of fused-ring (bicyclic) bond motifs is 1. The zero-order valence-electron chi connectivity index (χ0n) is 13.7. The van der Waals surface area contributed by atoms with E-state index in [9.17, 15) is 4.79 Å². The van der Waals surface area contributed by atoms with Gasteiger partial charge < -0.3 is 4.43 Å². The van der Waals surface area contributed by atoms with Crippen LogP contribution >= 0.6 is 0 Å². The number of rotatable bonds is 2. The van der Waals surface area contributed by atoms with E-state index in [2.05, 4.69) is 33.9 Å². The van der Waals surface area contributed by atoms with Crippen LogP contribution in [0.25, 0.3) is 0 Å². The van der Waals surface area contributed by atoms with Crippen molar-refractivity contribution in [2.75, 3.05) is 0 Å². The summed E-state index contributed by atoms with van der Waals surface area (Å²) < 4.78 is 6.77. The molecule has 0 saturated heterocycles. The number of Topliss-reactive ketones (excluding diaryl/α,β-unsaturated/α-hetero) is 1. The molecule has 0 radical (unpaired) electrons. The summed E-state index contributed by atoms with van der Waals surface area (Å²) in [5.41, 5.74) is 0. The Balaban J connectivity index is 1.78. The minimum absolute atomic E-state index is 0.284. The summed E-state index contributed by atoms with van der Waals surface area (Å²) in [5.74, 6) is 2.70. The second kappa shape index (κ2) is 4.67. The van der Waals surface area contributed by atoms with E-state index >= 15 is 0 Å². The summed E-state index contributed by atoms with van der Waals surface area (Å²) in [7, 11) is -1.68. The summed E-state index contributed by atoms with van der Waals surface area (Å²) in [5, 5.41) is 0.284. The molecular weight excluding hydrogens is 264 g/mol. The fraction of sp³-hybridized carbons (Fsp3) is 0.941. The third-order valence-corrected chi connectivity index (χ3v) is 11.2. The van der Waals surface area contributed by atoms with Gasteiger partial charge in [0.15, 0.2) is 8.32 Å². The van der Waals surface area contributed by atoms with Crippen molar-refractivity contribution in [3.63, 3.8) is 0 Å². The number of ketones is 1. The molecule has 0 aromatic heterocycles. The SMILES string of the molecule is CC(C)(C)[Si](C)(C)O[C@@H]1CC[C@@H]2C[C@@H]3[C@H]1CC[C@@H]3C2=O. The molecule has 2 bridgehead atoms. The normalized spacial score (nSPS) is 41.0. The lowest BCUT2D eigenvalue weighted by atomic mass is 9.87. The standard InChI is InChI=1S/C17H30O2Si/c1-17(2,3)20(4,5)19-15-9-6-11-10-14-12(15)7-8-13(14)16(11)18/h11-15H,6-10H2,1-5H3/t11-,12-,13+,14-,15-/m1/s1. The molecule has 0 aliphatic heterocycles. The maximum atomic E-state index is 12.3. The van der Waals surface area contributed by atoms with Gasteiger partial charge in [-0.05, 0) is 62.1 Å². The Labute approximate surface area is 124 Å². The van der Waals surface area contributed by atoms with Gasteiger partial charge >= 0.3 is 0 Å². The van der Waals surface area contributed by atoms with E-state index in [0.29, 0.717) is 35.6 Å². The average Bonchev–Trinajstić information content (AvgIpc) is 2.81. The highest BCUT2D eigenvalue weighted by molar-refractivity contribution is 6.74. The summed E-state index contributed by atoms with van der Waals surface area (Å²) in [6.07, 6.45) is 6.18. The molecule has 20 heavy (non-hydrogen) atoms. The Kier molecular flexibility index (Phi) is 3.45. The molecule has 0 amide bonds. The molecule has 0 heterocycles. The Bertz CT molecular complexity index is 410. The molecule has 2 nitrogen and oxygen atoms in total. The highest BCUT2D eigenvalue weighted by atomic mass is 28.4. The molecule has 3 aliphatic carbocycles. The molecule has 3 aliphatic rings. The van der Waals surface area contributed by atoms with E-state index in [1.165, 1.54) is 12.8 Å². The van der Waals surface area contributed by atoms with Crippen LogP contribution in [-0.4, -0.2) is 20.2 Å². The predicted molar refractivity (Wildman–Crippen MR) is 84.1 cm³/mol. The minimum Gasteiger partial charge on any atom is -0.414 e. The van der Waals surface area contributed by atoms with Crippen LogP contribution < -0.4 is 0 Å². The van der Waals surface area contributed by atoms with Crippen LogP contribution in [-0.2, 0) is 9.22 Å². The molecule has 3 rings (SSSR count). The first-order chi connectivity index (χ1) is 9.21. The van der Waals surface area contributed by atoms with Crippen molar-refractivity contribution in [1.29, 1.82) is 0 Å². The number of carbonyl (C=O) groups is 1. The van der Waals surface area contributed by atoms with Gasteiger partial charge in [-0.25, -0.2) is 0 Å². The second-order valence-electron chi connectivity index (χ2n) is 8.84. The van der Waals surface area contributed by atoms with E-state index in [-0.39, 0.29) is 5.04 Å². The third-order valence-electron chi connectivity index (χ3n) is 6.73. The fourth-order valence-electron chi connectivity index (χ4n) is 4.54. The monoisotopic (exact) mass is 294 g/mol. The number of hydrogen-bond donors (Lipinski definition) is 0. The van der Waals surface area contributed by atoms with Crippen LogP contribution in [0.2, 0.25) is 18.1 Å². The highest BCUT2D eigenvalue weighted by Crippen LogP contribution is 2.54. The molecular formula is C17H30O2Si. The maximum Gasteiger partial charge on any atom is 0.192 e. The average molecular weight is 295 g/mol. The second-order valence-corrected chi connectivity index (χ2v) is 13.6. The van der Waals surface area contributed by atoms with Gasteiger partial charge in [0.25, 0.3) is 0 Å². The highest BCUT2D eigenvalue weighted by Gasteiger charge is 2.54. The lowest BCUT2D eigenvalue weighted by Crippen LogP contribution is -2.46. The smallest absolute Gasteiger partial charge is 0.192 e. The topological polar surface area (TPSA) is 26.3 Å². The van der Waals surface area contributed by atoms with Gasteiger partial charge in [-0.2, -0.15) is 0 Å². The molecule has 3 heteroatoms. The van der Waals surface area contributed by atoms with Crippen molar-refractivity contribution in [3.05, 3.63) is 0 Å². The van der Waals surface area contributed by atoms with Gasteiger partial charge in [-0.1, -0.05) is 20.8 Å². The lowest BCUT2D eigenvalue weighted by molar-refractivity contribution is -0.124. The van der Waals surface area contributed by atoms with Crippen molar-refractivity contribution >= 4 is 14.1 Å². The molecule has 0 aromatic rings. The molecule has 3 saturated carbocycles. The first-order valence-electron chi connectivity index (χ1n) is 8.42. The third kappa shape index (κ3) is 2.21. The first-order valence-corrected chi connectivity index (χ1v) is 11.3. The van der Waals surface area contributed by atoms with Crippen LogP contribution in [0, 0.1) is 23.7 Å². The van der Waals surface area contributed by atoms with Gasteiger partial charge in [0.05, 0.1) is 0 Å². The van der Waals surface area contributed by atoms with Crippen LogP contribution in [0.15, 0.2) is 0 Å². The van der Waals surface area contributed by atoms with Crippen molar-refractivity contribution in [1.82, 2.24) is 0 Å². The zero-order chi connectivity index (χ0) is 14.7. The van der Waals surface area contributed by atoms with E-state index in [4.69, 9.17) is 4.43 Å². The zero-order valence-corrected chi connectivity index (χ0v) is 14.7. The molecule has 3 fully saturated rings. The summed E-state index contributed by atoms with van der Waals surface area (Å²) in [6.45, 7) is 11.7. The number of carbonyl (C=O) groups excluding carboxylic acids is 1. The van der Waals surface area contributed by atoms with Crippen molar-refractivity contribution in [2.24, 2.45) is 23.7 Å². The fourth-order valence-corrected chi connectivity index (χ4v) is 5.94. The van der Waals surface area contributed by atoms with Gasteiger partial charge in [-0.15, -0.1) is 0 Å². The van der Waals surface area contributed by atoms with E-state index < -0.39 is 8.32 Å². The molecule has 0 N–H and O–H groups in total. The van der Waals surface area contributed by atoms with Crippen LogP contribution in [0.1, 0.15) is 52.9 Å². The first kappa shape index (κ1) is 14.8. The van der Waals surface area contributed by atoms with Crippen LogP contribution in [0.5, 0.6) is 0 Å². The van der Waals surface area contributed by atoms with Gasteiger partial charge in [0.1, 0.15) is 5.78 Å². The molecule has 5 atom stereocenters. The van der Waals surface area contributed by atoms with Crippen molar-refractivity contribution < 1.29 is 9.22 Å². The Hall–Kier alpha value is -0.153. The minimum atomic E-state index is -1.68. The van der Waals surface area contributed by atoms with E-state index in [1.807, 2.05) is 0 Å². The van der Waals surface area contributed by atoms with Gasteiger partial charge in [0, 0.05) is 17.9 Å². The largest absolute Gasteiger partial charge is 0.414 e. The lowest BCUT2D eigenvalue weighted by Gasteiger charge is -2.41. The maximum absolute atomic E-state index is 12.3. The summed E-state index contributed by atoms with van der Waals surface area (Å²) >= 11 is 0. The predicted octanol–water partition coefficient (Wildman–Crippen LogP) is 4.40. The molecule has 0 unspecified atom stereocenters. The van der Waals surface area contributed by atoms with Gasteiger partial charge in [0.2, 0.25) is 0 Å². The Morgan fingerprint density at radius 3 is 2.40 bits per heavy atom. The van der Waals surface area contributed by atoms with E-state index in [0.717, 1.165) is 19.3 Å². The summed E-state index contributed by atoms with van der Waals surface area (Å²) in [4.78, 5) is 12.3. The molecule has 0 spiro atoms. The quantitative estimate of drug-likeness (QED) is 0.706. The van der Waals surface area contributed by atoms with Crippen molar-refractivity contribution in [2.45, 2.75) is 77.1 Å². The molecule has 114 valence electrons. The Morgan fingerprint density at radius 2 is 1.75 bits per heavy atom. The number of hydrogen-bond acceptors (Lipinski definition) is 2. The van der Waals surface area contributed by atoms with Crippen LogP contribution in [0.4, 0.5) is 0 Å².